The third-order valence-corrected chi connectivity index (χ3v) is 4.06. The number of carbonyl (C=O) groups excluding carboxylic acids is 2. The minimum atomic E-state index is -0.439. The van der Waals surface area contributed by atoms with E-state index in [9.17, 15) is 14.7 Å². The third-order valence-electron chi connectivity index (χ3n) is 4.06. The molecule has 0 saturated carbocycles. The number of hydrogen-bond acceptors (Lipinski definition) is 4. The normalized spacial score (nSPS) is 10.4. The van der Waals surface area contributed by atoms with Crippen molar-refractivity contribution in [1.29, 1.82) is 0 Å². The molecule has 0 atom stereocenters. The summed E-state index contributed by atoms with van der Waals surface area (Å²) >= 11 is 0. The van der Waals surface area contributed by atoms with Gasteiger partial charge in [-0.25, -0.2) is 4.79 Å². The van der Waals surface area contributed by atoms with E-state index >= 15 is 0 Å². The Labute approximate surface area is 151 Å². The van der Waals surface area contributed by atoms with Crippen LogP contribution in [0.15, 0.2) is 66.7 Å². The van der Waals surface area contributed by atoms with E-state index in [0.717, 1.165) is 5.56 Å². The molecule has 0 unspecified atom stereocenters. The predicted octanol–water partition coefficient (Wildman–Crippen LogP) is 4.46. The Balaban J connectivity index is 1.79. The second-order valence-corrected chi connectivity index (χ2v) is 6.11. The summed E-state index contributed by atoms with van der Waals surface area (Å²) in [5, 5.41) is 9.32. The summed E-state index contributed by atoms with van der Waals surface area (Å²) in [6, 6.07) is 18.1. The number of aromatic hydroxyl groups is 1. The first kappa shape index (κ1) is 17.4. The molecule has 0 heterocycles. The van der Waals surface area contributed by atoms with Crippen LogP contribution in [0.5, 0.6) is 11.5 Å². The minimum Gasteiger partial charge on any atom is -0.508 e. The first-order valence-corrected chi connectivity index (χ1v) is 8.17. The van der Waals surface area contributed by atoms with Crippen molar-refractivity contribution in [3.63, 3.8) is 0 Å². The van der Waals surface area contributed by atoms with Crippen molar-refractivity contribution < 1.29 is 19.4 Å². The zero-order valence-electron chi connectivity index (χ0n) is 14.5. The number of ketones is 1. The lowest BCUT2D eigenvalue weighted by atomic mass is 10.0. The van der Waals surface area contributed by atoms with Gasteiger partial charge >= 0.3 is 5.97 Å². The van der Waals surface area contributed by atoms with Crippen LogP contribution in [0.1, 0.15) is 37.4 Å². The van der Waals surface area contributed by atoms with Crippen molar-refractivity contribution in [2.24, 2.45) is 0 Å². The molecule has 0 aliphatic heterocycles. The second-order valence-electron chi connectivity index (χ2n) is 6.11. The fraction of sp³-hybridized carbons (Fsp3) is 0.0909. The number of hydrogen-bond donors (Lipinski definition) is 1. The van der Waals surface area contributed by atoms with E-state index in [4.69, 9.17) is 4.74 Å². The quantitative estimate of drug-likeness (QED) is 0.430. The molecule has 4 nitrogen and oxygen atoms in total. The number of rotatable bonds is 4. The molecule has 0 saturated heterocycles. The maximum Gasteiger partial charge on any atom is 0.343 e. The molecule has 130 valence electrons. The van der Waals surface area contributed by atoms with Gasteiger partial charge in [0.25, 0.3) is 0 Å². The zero-order chi connectivity index (χ0) is 18.7. The Bertz CT molecular complexity index is 954. The number of phenols is 1. The van der Waals surface area contributed by atoms with E-state index in [-0.39, 0.29) is 11.5 Å². The number of ether oxygens (including phenoxy) is 1. The molecule has 0 bridgehead atoms. The van der Waals surface area contributed by atoms with E-state index in [0.29, 0.717) is 28.0 Å². The molecular weight excluding hydrogens is 328 g/mol. The molecule has 0 aliphatic rings. The highest BCUT2D eigenvalue weighted by molar-refractivity contribution is 6.09. The van der Waals surface area contributed by atoms with Crippen molar-refractivity contribution >= 4 is 11.8 Å². The average Bonchev–Trinajstić information content (AvgIpc) is 2.64. The van der Waals surface area contributed by atoms with Crippen molar-refractivity contribution in [3.8, 4) is 11.5 Å². The summed E-state index contributed by atoms with van der Waals surface area (Å²) in [7, 11) is 0. The Morgan fingerprint density at radius 1 is 0.769 bits per heavy atom. The molecule has 0 aliphatic carbocycles. The van der Waals surface area contributed by atoms with Crippen LogP contribution in [0.2, 0.25) is 0 Å². The van der Waals surface area contributed by atoms with E-state index in [2.05, 4.69) is 0 Å². The van der Waals surface area contributed by atoms with Crippen LogP contribution in [0.3, 0.4) is 0 Å². The summed E-state index contributed by atoms with van der Waals surface area (Å²) in [4.78, 5) is 24.7. The Kier molecular flexibility index (Phi) is 4.85. The van der Waals surface area contributed by atoms with Gasteiger partial charge in [-0.1, -0.05) is 17.7 Å². The smallest absolute Gasteiger partial charge is 0.343 e. The fourth-order valence-electron chi connectivity index (χ4n) is 2.53. The lowest BCUT2D eigenvalue weighted by molar-refractivity contribution is 0.0733. The number of aryl methyl sites for hydroxylation is 2. The van der Waals surface area contributed by atoms with Gasteiger partial charge in [0, 0.05) is 11.1 Å². The highest BCUT2D eigenvalue weighted by atomic mass is 16.5. The molecule has 26 heavy (non-hydrogen) atoms. The van der Waals surface area contributed by atoms with Gasteiger partial charge in [-0.2, -0.15) is 0 Å². The lowest BCUT2D eigenvalue weighted by Crippen LogP contribution is -2.10. The number of esters is 1. The topological polar surface area (TPSA) is 63.6 Å². The first-order chi connectivity index (χ1) is 12.4. The van der Waals surface area contributed by atoms with Gasteiger partial charge in [-0.3, -0.25) is 4.79 Å². The number of benzene rings is 3. The van der Waals surface area contributed by atoms with Crippen LogP contribution < -0.4 is 4.74 Å². The van der Waals surface area contributed by atoms with Gasteiger partial charge in [0.2, 0.25) is 0 Å². The fourth-order valence-corrected chi connectivity index (χ4v) is 2.53. The summed E-state index contributed by atoms with van der Waals surface area (Å²) in [6.07, 6.45) is 0. The van der Waals surface area contributed by atoms with Gasteiger partial charge in [-0.15, -0.1) is 0 Å². The Morgan fingerprint density at radius 3 is 1.96 bits per heavy atom. The second kappa shape index (κ2) is 7.23. The lowest BCUT2D eigenvalue weighted by Gasteiger charge is -2.09. The van der Waals surface area contributed by atoms with Gasteiger partial charge in [0.1, 0.15) is 11.5 Å². The summed E-state index contributed by atoms with van der Waals surface area (Å²) in [5.41, 5.74) is 3.19. The molecule has 0 spiro atoms. The minimum absolute atomic E-state index is 0.107. The van der Waals surface area contributed by atoms with E-state index < -0.39 is 5.97 Å². The van der Waals surface area contributed by atoms with Crippen LogP contribution in [0.25, 0.3) is 0 Å². The summed E-state index contributed by atoms with van der Waals surface area (Å²) in [5.74, 6) is -0.0795. The third kappa shape index (κ3) is 3.81. The van der Waals surface area contributed by atoms with Gasteiger partial charge in [0.15, 0.2) is 5.78 Å². The van der Waals surface area contributed by atoms with Crippen LogP contribution in [0.4, 0.5) is 0 Å². The number of carbonyl (C=O) groups is 2. The maximum absolute atomic E-state index is 12.5. The highest BCUT2D eigenvalue weighted by Crippen LogP contribution is 2.23. The van der Waals surface area contributed by atoms with Gasteiger partial charge in [0.05, 0.1) is 5.56 Å². The summed E-state index contributed by atoms with van der Waals surface area (Å²) in [6.45, 7) is 3.73. The SMILES string of the molecule is Cc1ccc(C(=O)Oc2ccc(C(=O)c3ccc(O)cc3)cc2C)cc1. The van der Waals surface area contributed by atoms with E-state index in [1.165, 1.54) is 12.1 Å². The van der Waals surface area contributed by atoms with Crippen molar-refractivity contribution in [2.75, 3.05) is 0 Å². The average molecular weight is 346 g/mol. The predicted molar refractivity (Wildman–Crippen MR) is 98.9 cm³/mol. The molecule has 0 radical (unpaired) electrons. The molecule has 0 fully saturated rings. The monoisotopic (exact) mass is 346 g/mol. The first-order valence-electron chi connectivity index (χ1n) is 8.17. The van der Waals surface area contributed by atoms with Crippen LogP contribution >= 0.6 is 0 Å². The standard InChI is InChI=1S/C22H18O4/c1-14-3-5-17(6-4-14)22(25)26-20-12-9-18(13-15(20)2)21(24)16-7-10-19(23)11-8-16/h3-13,23H,1-2H3. The zero-order valence-corrected chi connectivity index (χ0v) is 14.5. The van der Waals surface area contributed by atoms with Crippen molar-refractivity contribution in [2.45, 2.75) is 13.8 Å². The van der Waals surface area contributed by atoms with Crippen molar-refractivity contribution in [1.82, 2.24) is 0 Å². The molecule has 3 aromatic rings. The van der Waals surface area contributed by atoms with Crippen LogP contribution in [-0.4, -0.2) is 16.9 Å². The highest BCUT2D eigenvalue weighted by Gasteiger charge is 2.14. The molecule has 3 aromatic carbocycles. The molecule has 3 rings (SSSR count). The Morgan fingerprint density at radius 2 is 1.35 bits per heavy atom. The number of phenolic OH excluding ortho intramolecular Hbond substituents is 1. The van der Waals surface area contributed by atoms with E-state index in [1.807, 2.05) is 19.1 Å². The van der Waals surface area contributed by atoms with Crippen molar-refractivity contribution in [3.05, 3.63) is 94.5 Å². The molecule has 0 aromatic heterocycles. The molecule has 1 N–H and O–H groups in total. The largest absolute Gasteiger partial charge is 0.508 e. The van der Waals surface area contributed by atoms with Gasteiger partial charge in [-0.05, 0) is 74.0 Å². The molecule has 0 amide bonds. The molecule has 4 heteroatoms. The summed E-state index contributed by atoms with van der Waals surface area (Å²) < 4.78 is 5.44. The maximum atomic E-state index is 12.5. The Hall–Kier alpha value is -3.40. The molecular formula is C22H18O4. The van der Waals surface area contributed by atoms with E-state index in [1.54, 1.807) is 49.4 Å². The van der Waals surface area contributed by atoms with Gasteiger partial charge < -0.3 is 9.84 Å². The van der Waals surface area contributed by atoms with Crippen LogP contribution in [0, 0.1) is 13.8 Å². The van der Waals surface area contributed by atoms with Crippen LogP contribution in [-0.2, 0) is 0 Å².